The van der Waals surface area contributed by atoms with Gasteiger partial charge in [-0.2, -0.15) is 14.9 Å². The Morgan fingerprint density at radius 1 is 1.32 bits per heavy atom. The van der Waals surface area contributed by atoms with Crippen molar-refractivity contribution in [2.75, 3.05) is 19.5 Å². The number of hydrogen-bond donors (Lipinski definition) is 2. The molecule has 0 radical (unpaired) electrons. The van der Waals surface area contributed by atoms with Gasteiger partial charge in [0.1, 0.15) is 11.3 Å². The minimum Gasteiger partial charge on any atom is -0.383 e. The largest absolute Gasteiger partial charge is 0.383 e. The topological polar surface area (TPSA) is 143 Å². The molecule has 11 nitrogen and oxygen atoms in total. The summed E-state index contributed by atoms with van der Waals surface area (Å²) in [7, 11) is 3.25. The van der Waals surface area contributed by atoms with Crippen LogP contribution in [0.15, 0.2) is 35.6 Å². The van der Waals surface area contributed by atoms with Gasteiger partial charge >= 0.3 is 0 Å². The summed E-state index contributed by atoms with van der Waals surface area (Å²) in [6.45, 7) is 2.09. The molecular weight excluding hydrogens is 364 g/mol. The lowest BCUT2D eigenvalue weighted by molar-refractivity contribution is 0.0903. The standard InChI is InChI=1S/C17H20N8O3/c1-10(9-28-3)22-15(26)13-4-14(11-5-19-17(18)20-6-11)23-25(16(13)27)12-7-21-24(2)8-12/h4-8,10H,9H2,1-3H3,(H,22,26)(H2,18,19,20)/t10-/m0/s1. The van der Waals surface area contributed by atoms with Crippen molar-refractivity contribution in [2.45, 2.75) is 13.0 Å². The van der Waals surface area contributed by atoms with E-state index in [0.717, 1.165) is 4.68 Å². The summed E-state index contributed by atoms with van der Waals surface area (Å²) < 4.78 is 7.67. The highest BCUT2D eigenvalue weighted by Crippen LogP contribution is 2.16. The molecule has 3 rings (SSSR count). The molecule has 3 N–H and O–H groups in total. The number of hydrogen-bond acceptors (Lipinski definition) is 8. The maximum Gasteiger partial charge on any atom is 0.284 e. The fourth-order valence-electron chi connectivity index (χ4n) is 2.55. The lowest BCUT2D eigenvalue weighted by atomic mass is 10.1. The number of nitrogens with two attached hydrogens (primary N) is 1. The van der Waals surface area contributed by atoms with Crippen molar-refractivity contribution in [3.8, 4) is 16.9 Å². The van der Waals surface area contributed by atoms with Crippen molar-refractivity contribution in [1.82, 2.24) is 34.8 Å². The van der Waals surface area contributed by atoms with Crippen molar-refractivity contribution in [1.29, 1.82) is 0 Å². The number of rotatable bonds is 6. The highest BCUT2D eigenvalue weighted by molar-refractivity contribution is 5.95. The fourth-order valence-corrected chi connectivity index (χ4v) is 2.55. The van der Waals surface area contributed by atoms with E-state index in [1.54, 1.807) is 20.2 Å². The number of amides is 1. The zero-order valence-electron chi connectivity index (χ0n) is 15.7. The van der Waals surface area contributed by atoms with Crippen molar-refractivity contribution in [2.24, 2.45) is 7.05 Å². The van der Waals surface area contributed by atoms with E-state index in [9.17, 15) is 9.59 Å². The molecule has 3 heterocycles. The third-order valence-corrected chi connectivity index (χ3v) is 3.85. The molecule has 28 heavy (non-hydrogen) atoms. The van der Waals surface area contributed by atoms with Gasteiger partial charge in [-0.1, -0.05) is 0 Å². The number of nitrogen functional groups attached to an aromatic ring is 1. The zero-order valence-corrected chi connectivity index (χ0v) is 15.7. The van der Waals surface area contributed by atoms with Crippen LogP contribution in [0.3, 0.4) is 0 Å². The lowest BCUT2D eigenvalue weighted by Crippen LogP contribution is -2.39. The third kappa shape index (κ3) is 4.04. The molecular formula is C17H20N8O3. The number of aryl methyl sites for hydroxylation is 1. The number of anilines is 1. The summed E-state index contributed by atoms with van der Waals surface area (Å²) in [4.78, 5) is 33.5. The first-order valence-electron chi connectivity index (χ1n) is 8.40. The Kier molecular flexibility index (Phi) is 5.45. The Labute approximate surface area is 160 Å². The second-order valence-corrected chi connectivity index (χ2v) is 6.19. The van der Waals surface area contributed by atoms with Gasteiger partial charge in [0.15, 0.2) is 0 Å². The minimum atomic E-state index is -0.574. The Balaban J connectivity index is 2.12. The Morgan fingerprint density at radius 3 is 2.64 bits per heavy atom. The highest BCUT2D eigenvalue weighted by atomic mass is 16.5. The van der Waals surface area contributed by atoms with Crippen LogP contribution < -0.4 is 16.6 Å². The number of methoxy groups -OCH3 is 1. The molecule has 1 amide bonds. The van der Waals surface area contributed by atoms with E-state index in [-0.39, 0.29) is 17.6 Å². The van der Waals surface area contributed by atoms with Gasteiger partial charge in [0.25, 0.3) is 11.5 Å². The van der Waals surface area contributed by atoms with Crippen molar-refractivity contribution in [3.63, 3.8) is 0 Å². The van der Waals surface area contributed by atoms with Gasteiger partial charge in [0, 0.05) is 38.2 Å². The molecule has 0 spiro atoms. The summed E-state index contributed by atoms with van der Waals surface area (Å²) in [5.74, 6) is -0.428. The smallest absolute Gasteiger partial charge is 0.284 e. The van der Waals surface area contributed by atoms with E-state index < -0.39 is 11.5 Å². The van der Waals surface area contributed by atoms with Crippen LogP contribution in [0.5, 0.6) is 0 Å². The van der Waals surface area contributed by atoms with Crippen molar-refractivity contribution < 1.29 is 9.53 Å². The van der Waals surface area contributed by atoms with Crippen molar-refractivity contribution in [3.05, 3.63) is 46.8 Å². The molecule has 0 fully saturated rings. The summed E-state index contributed by atoms with van der Waals surface area (Å²) in [5.41, 5.74) is 6.15. The summed E-state index contributed by atoms with van der Waals surface area (Å²) in [5, 5.41) is 11.1. The molecule has 0 saturated heterocycles. The Morgan fingerprint density at radius 2 is 2.04 bits per heavy atom. The SMILES string of the molecule is COC[C@H](C)NC(=O)c1cc(-c2cnc(N)nc2)nn(-c2cnn(C)c2)c1=O. The number of nitrogens with one attached hydrogen (secondary N) is 1. The molecule has 1 atom stereocenters. The number of carbonyl (C=O) groups excluding carboxylic acids is 1. The predicted molar refractivity (Wildman–Crippen MR) is 101 cm³/mol. The number of ether oxygens (including phenoxy) is 1. The Hall–Kier alpha value is -3.60. The maximum absolute atomic E-state index is 12.9. The molecule has 3 aromatic heterocycles. The molecule has 146 valence electrons. The van der Waals surface area contributed by atoms with E-state index in [1.165, 1.54) is 36.4 Å². The molecule has 0 unspecified atom stereocenters. The van der Waals surface area contributed by atoms with Crippen LogP contribution >= 0.6 is 0 Å². The quantitative estimate of drug-likeness (QED) is 0.593. The molecule has 0 aliphatic rings. The number of aromatic nitrogens is 6. The van der Waals surface area contributed by atoms with Gasteiger partial charge in [-0.15, -0.1) is 0 Å². The molecule has 11 heteroatoms. The van der Waals surface area contributed by atoms with Crippen LogP contribution in [0.1, 0.15) is 17.3 Å². The third-order valence-electron chi connectivity index (χ3n) is 3.85. The van der Waals surface area contributed by atoms with E-state index >= 15 is 0 Å². The van der Waals surface area contributed by atoms with E-state index in [4.69, 9.17) is 10.5 Å². The fraction of sp³-hybridized carbons (Fsp3) is 0.294. The first-order valence-corrected chi connectivity index (χ1v) is 8.40. The summed E-state index contributed by atoms with van der Waals surface area (Å²) in [6.07, 6.45) is 6.04. The Bertz CT molecular complexity index is 1040. The molecule has 3 aromatic rings. The van der Waals surface area contributed by atoms with Gasteiger partial charge in [-0.25, -0.2) is 9.97 Å². The summed E-state index contributed by atoms with van der Waals surface area (Å²) >= 11 is 0. The first kappa shape index (κ1) is 19.2. The van der Waals surface area contributed by atoms with Crippen LogP contribution in [0, 0.1) is 0 Å². The number of carbonyl (C=O) groups is 1. The van der Waals surface area contributed by atoms with Crippen LogP contribution in [-0.2, 0) is 11.8 Å². The minimum absolute atomic E-state index is 0.0753. The van der Waals surface area contributed by atoms with Gasteiger partial charge in [-0.3, -0.25) is 14.3 Å². The van der Waals surface area contributed by atoms with Crippen molar-refractivity contribution >= 4 is 11.9 Å². The maximum atomic E-state index is 12.9. The first-order chi connectivity index (χ1) is 13.4. The van der Waals surface area contributed by atoms with Gasteiger partial charge in [0.2, 0.25) is 5.95 Å². The predicted octanol–water partition coefficient (Wildman–Crippen LogP) is -0.230. The normalized spacial score (nSPS) is 12.0. The van der Waals surface area contributed by atoms with E-state index in [2.05, 4.69) is 25.5 Å². The average molecular weight is 384 g/mol. The van der Waals surface area contributed by atoms with E-state index in [1.807, 2.05) is 0 Å². The van der Waals surface area contributed by atoms with Crippen LogP contribution in [0.4, 0.5) is 5.95 Å². The second kappa shape index (κ2) is 7.96. The van der Waals surface area contributed by atoms with Gasteiger partial charge in [-0.05, 0) is 13.0 Å². The van der Waals surface area contributed by atoms with Crippen LogP contribution in [0.2, 0.25) is 0 Å². The molecule has 0 bridgehead atoms. The molecule has 0 aliphatic carbocycles. The van der Waals surface area contributed by atoms with Crippen LogP contribution in [0.25, 0.3) is 16.9 Å². The van der Waals surface area contributed by atoms with E-state index in [0.29, 0.717) is 23.6 Å². The summed E-state index contributed by atoms with van der Waals surface area (Å²) in [6, 6.07) is 1.12. The molecule has 0 aromatic carbocycles. The highest BCUT2D eigenvalue weighted by Gasteiger charge is 2.19. The molecule has 0 aliphatic heterocycles. The average Bonchev–Trinajstić information content (AvgIpc) is 3.09. The van der Waals surface area contributed by atoms with Gasteiger partial charge in [0.05, 0.1) is 24.7 Å². The zero-order chi connectivity index (χ0) is 20.3. The van der Waals surface area contributed by atoms with Crippen LogP contribution in [-0.4, -0.2) is 55.2 Å². The monoisotopic (exact) mass is 384 g/mol. The second-order valence-electron chi connectivity index (χ2n) is 6.19. The molecule has 0 saturated carbocycles. The van der Waals surface area contributed by atoms with Gasteiger partial charge < -0.3 is 15.8 Å². The number of nitrogens with zero attached hydrogens (tertiary/aromatic N) is 6. The lowest BCUT2D eigenvalue weighted by Gasteiger charge is -2.14.